The number of ketones is 1. The highest BCUT2D eigenvalue weighted by molar-refractivity contribution is 6.40. The number of hydrogen-bond donors (Lipinski definition) is 1. The number of hydrogen-bond acceptors (Lipinski definition) is 7. The Morgan fingerprint density at radius 1 is 1.23 bits per heavy atom. The van der Waals surface area contributed by atoms with Gasteiger partial charge in [0, 0.05) is 12.2 Å². The van der Waals surface area contributed by atoms with Crippen LogP contribution in [0.4, 0.5) is 0 Å². The number of aromatic nitrogens is 1. The maximum absolute atomic E-state index is 12.9. The highest BCUT2D eigenvalue weighted by Gasteiger charge is 2.41. The number of Topliss-reactive ketones (excluding diaryl/α,β-unsaturated/α-hetero) is 1. The monoisotopic (exact) mass is 412 g/mol. The number of amides is 1. The number of esters is 1. The van der Waals surface area contributed by atoms with Gasteiger partial charge >= 0.3 is 5.97 Å². The Morgan fingerprint density at radius 2 is 1.97 bits per heavy atom. The molecule has 4 rings (SSSR count). The normalized spacial score (nSPS) is 20.3. The van der Waals surface area contributed by atoms with Gasteiger partial charge in [0.2, 0.25) is 5.43 Å². The van der Waals surface area contributed by atoms with Crippen LogP contribution in [0.15, 0.2) is 41.3 Å². The van der Waals surface area contributed by atoms with Crippen molar-refractivity contribution in [3.8, 4) is 5.75 Å². The highest BCUT2D eigenvalue weighted by atomic mass is 16.5. The lowest BCUT2D eigenvalue weighted by molar-refractivity contribution is -0.139. The third kappa shape index (κ3) is 3.37. The maximum Gasteiger partial charge on any atom is 0.380 e. The molecule has 0 unspecified atom stereocenters. The Balaban J connectivity index is 1.62. The number of fused-ring (bicyclic) bond motifs is 2. The lowest BCUT2D eigenvalue weighted by Gasteiger charge is -2.44. The van der Waals surface area contributed by atoms with E-state index >= 15 is 0 Å². The maximum atomic E-state index is 12.9. The third-order valence-electron chi connectivity index (χ3n) is 5.32. The van der Waals surface area contributed by atoms with Crippen molar-refractivity contribution in [2.24, 2.45) is 0 Å². The zero-order valence-corrected chi connectivity index (χ0v) is 16.2. The number of aromatic hydroxyl groups is 1. The van der Waals surface area contributed by atoms with Crippen LogP contribution < -0.4 is 5.43 Å². The van der Waals surface area contributed by atoms with Gasteiger partial charge in [-0.15, -0.1) is 0 Å². The summed E-state index contributed by atoms with van der Waals surface area (Å²) < 4.78 is 11.9. The van der Waals surface area contributed by atoms with Gasteiger partial charge in [-0.05, 0) is 18.9 Å². The summed E-state index contributed by atoms with van der Waals surface area (Å²) in [5.74, 6) is -3.83. The zero-order chi connectivity index (χ0) is 21.4. The molecule has 1 N–H and O–H groups in total. The number of nitrogens with zero attached hydrogens (tertiary/aromatic N) is 2. The predicted octanol–water partition coefficient (Wildman–Crippen LogP) is 1.07. The number of rotatable bonds is 4. The highest BCUT2D eigenvalue weighted by Crippen LogP contribution is 2.29. The minimum absolute atomic E-state index is 0.117. The van der Waals surface area contributed by atoms with E-state index in [0.29, 0.717) is 18.6 Å². The van der Waals surface area contributed by atoms with E-state index in [2.05, 4.69) is 0 Å². The summed E-state index contributed by atoms with van der Waals surface area (Å²) >= 11 is 0. The smallest absolute Gasteiger partial charge is 0.380 e. The Hall–Kier alpha value is -3.46. The second-order valence-corrected chi connectivity index (χ2v) is 7.29. The standard InChI is InChI=1S/C21H20N2O7/c1-12-7-8-29-15-10-22-9-14(17(24)19(26)16(22)20(27)23(12)15)18(25)21(28)30-11-13-5-3-2-4-6-13/h2-6,9,12,15,26H,7-8,10-11H2,1H3/t12-,15+/m1/s1. The molecule has 0 bridgehead atoms. The number of ether oxygens (including phenoxy) is 2. The van der Waals surface area contributed by atoms with E-state index in [1.54, 1.807) is 30.3 Å². The van der Waals surface area contributed by atoms with Gasteiger partial charge in [0.05, 0.1) is 18.7 Å². The molecule has 0 aliphatic carbocycles. The lowest BCUT2D eigenvalue weighted by Crippen LogP contribution is -2.57. The molecule has 1 amide bonds. The van der Waals surface area contributed by atoms with Gasteiger partial charge in [-0.1, -0.05) is 30.3 Å². The average molecular weight is 412 g/mol. The van der Waals surface area contributed by atoms with E-state index in [0.717, 1.165) is 6.20 Å². The summed E-state index contributed by atoms with van der Waals surface area (Å²) in [6.07, 6.45) is 1.17. The van der Waals surface area contributed by atoms with Crippen molar-refractivity contribution >= 4 is 17.7 Å². The first-order chi connectivity index (χ1) is 14.4. The van der Waals surface area contributed by atoms with E-state index in [1.807, 2.05) is 6.92 Å². The fraction of sp³-hybridized carbons (Fsp3) is 0.333. The fourth-order valence-corrected chi connectivity index (χ4v) is 3.72. The molecular formula is C21H20N2O7. The van der Waals surface area contributed by atoms with Crippen LogP contribution >= 0.6 is 0 Å². The molecular weight excluding hydrogens is 392 g/mol. The second kappa shape index (κ2) is 7.75. The molecule has 1 aromatic carbocycles. The van der Waals surface area contributed by atoms with E-state index in [-0.39, 0.29) is 24.9 Å². The van der Waals surface area contributed by atoms with Crippen molar-refractivity contribution in [2.75, 3.05) is 6.61 Å². The predicted molar refractivity (Wildman–Crippen MR) is 103 cm³/mol. The van der Waals surface area contributed by atoms with Crippen molar-refractivity contribution in [3.63, 3.8) is 0 Å². The fourth-order valence-electron chi connectivity index (χ4n) is 3.72. The Kier molecular flexibility index (Phi) is 5.13. The second-order valence-electron chi connectivity index (χ2n) is 7.29. The van der Waals surface area contributed by atoms with Gasteiger partial charge in [-0.25, -0.2) is 4.79 Å². The number of carbonyl (C=O) groups excluding carboxylic acids is 3. The first-order valence-electron chi connectivity index (χ1n) is 9.54. The van der Waals surface area contributed by atoms with Crippen LogP contribution in [0.2, 0.25) is 0 Å². The van der Waals surface area contributed by atoms with Crippen LogP contribution in [0.1, 0.15) is 39.8 Å². The molecule has 2 aromatic rings. The summed E-state index contributed by atoms with van der Waals surface area (Å²) in [6, 6.07) is 8.64. The summed E-state index contributed by atoms with van der Waals surface area (Å²) in [4.78, 5) is 51.6. The lowest BCUT2D eigenvalue weighted by atomic mass is 10.1. The molecule has 0 spiro atoms. The molecule has 9 nitrogen and oxygen atoms in total. The quantitative estimate of drug-likeness (QED) is 0.454. The Labute approximate surface area is 171 Å². The zero-order valence-electron chi connectivity index (χ0n) is 16.2. The molecule has 1 aromatic heterocycles. The van der Waals surface area contributed by atoms with Crippen LogP contribution in [-0.2, 0) is 27.4 Å². The molecule has 0 saturated carbocycles. The summed E-state index contributed by atoms with van der Waals surface area (Å²) in [7, 11) is 0. The molecule has 2 aliphatic rings. The summed E-state index contributed by atoms with van der Waals surface area (Å²) in [5.41, 5.74) is -1.18. The number of pyridine rings is 1. The minimum atomic E-state index is -1.22. The van der Waals surface area contributed by atoms with Gasteiger partial charge < -0.3 is 24.0 Å². The molecule has 30 heavy (non-hydrogen) atoms. The first kappa shape index (κ1) is 19.8. The molecule has 1 fully saturated rings. The van der Waals surface area contributed by atoms with E-state index in [9.17, 15) is 24.3 Å². The van der Waals surface area contributed by atoms with Crippen LogP contribution in [0.25, 0.3) is 0 Å². The van der Waals surface area contributed by atoms with E-state index in [4.69, 9.17) is 9.47 Å². The van der Waals surface area contributed by atoms with Gasteiger partial charge in [0.1, 0.15) is 6.61 Å². The molecule has 1 saturated heterocycles. The molecule has 2 aliphatic heterocycles. The summed E-state index contributed by atoms with van der Waals surface area (Å²) in [6.45, 7) is 2.32. The molecule has 0 radical (unpaired) electrons. The topological polar surface area (TPSA) is 115 Å². The first-order valence-corrected chi connectivity index (χ1v) is 9.54. The number of carbonyl (C=O) groups is 3. The van der Waals surface area contributed by atoms with Gasteiger partial charge in [-0.3, -0.25) is 14.4 Å². The van der Waals surface area contributed by atoms with Crippen LogP contribution in [-0.4, -0.2) is 51.1 Å². The van der Waals surface area contributed by atoms with Gasteiger partial charge in [0.25, 0.3) is 11.7 Å². The van der Waals surface area contributed by atoms with Crippen LogP contribution in [0.5, 0.6) is 5.75 Å². The van der Waals surface area contributed by atoms with Gasteiger partial charge in [0.15, 0.2) is 17.7 Å². The van der Waals surface area contributed by atoms with Crippen LogP contribution in [0.3, 0.4) is 0 Å². The SMILES string of the molecule is C[C@@H]1CCO[C@H]2Cn3cc(C(=O)C(=O)OCc4ccccc4)c(=O)c(O)c3C(=O)N12. The molecule has 2 atom stereocenters. The van der Waals surface area contributed by atoms with Gasteiger partial charge in [-0.2, -0.15) is 0 Å². The average Bonchev–Trinajstić information content (AvgIpc) is 2.74. The van der Waals surface area contributed by atoms with Crippen molar-refractivity contribution < 1.29 is 29.0 Å². The van der Waals surface area contributed by atoms with Crippen molar-refractivity contribution in [3.05, 3.63) is 63.6 Å². The molecule has 9 heteroatoms. The molecule has 156 valence electrons. The number of benzene rings is 1. The Bertz CT molecular complexity index is 1080. The minimum Gasteiger partial charge on any atom is -0.503 e. The van der Waals surface area contributed by atoms with Crippen molar-refractivity contribution in [1.82, 2.24) is 9.47 Å². The third-order valence-corrected chi connectivity index (χ3v) is 5.32. The van der Waals surface area contributed by atoms with E-state index in [1.165, 1.54) is 9.47 Å². The van der Waals surface area contributed by atoms with E-state index < -0.39 is 40.6 Å². The molecule has 3 heterocycles. The van der Waals surface area contributed by atoms with Crippen molar-refractivity contribution in [1.29, 1.82) is 0 Å². The van der Waals surface area contributed by atoms with Crippen molar-refractivity contribution in [2.45, 2.75) is 38.8 Å². The summed E-state index contributed by atoms with van der Waals surface area (Å²) in [5, 5.41) is 10.4. The van der Waals surface area contributed by atoms with Crippen LogP contribution in [0, 0.1) is 0 Å². The largest absolute Gasteiger partial charge is 0.503 e. The Morgan fingerprint density at radius 3 is 2.70 bits per heavy atom.